The SMILES string of the molecule is [C]1N=CN=CN1. The Morgan fingerprint density at radius 1 is 1.67 bits per heavy atom. The maximum absolute atomic E-state index is 3.59. The Morgan fingerprint density at radius 3 is 2.83 bits per heavy atom. The Bertz CT molecular complexity index is 72.0. The van der Waals surface area contributed by atoms with Gasteiger partial charge in [0, 0.05) is 0 Å². The summed E-state index contributed by atoms with van der Waals surface area (Å²) in [7, 11) is 0. The van der Waals surface area contributed by atoms with Crippen LogP contribution in [0.1, 0.15) is 0 Å². The number of hydrogen-bond donors (Lipinski definition) is 1. The maximum atomic E-state index is 3.59. The fraction of sp³-hybridized carbons (Fsp3) is 0. The number of aliphatic imine (C=N–C) groups is 2. The summed E-state index contributed by atoms with van der Waals surface area (Å²) in [5.41, 5.74) is 0. The van der Waals surface area contributed by atoms with Crippen LogP contribution in [0.15, 0.2) is 9.98 Å². The van der Waals surface area contributed by atoms with Crippen LogP contribution in [-0.4, -0.2) is 12.7 Å². The molecule has 0 saturated carbocycles. The highest BCUT2D eigenvalue weighted by Crippen LogP contribution is 1.72. The van der Waals surface area contributed by atoms with E-state index in [0.29, 0.717) is 0 Å². The Labute approximate surface area is 35.8 Å². The molecule has 0 unspecified atom stereocenters. The van der Waals surface area contributed by atoms with Crippen molar-refractivity contribution in [1.29, 1.82) is 0 Å². The third-order valence-electron chi connectivity index (χ3n) is 0.393. The molecule has 0 atom stereocenters. The molecule has 0 aromatic carbocycles. The highest BCUT2D eigenvalue weighted by molar-refractivity contribution is 5.73. The molecule has 6 heavy (non-hydrogen) atoms. The van der Waals surface area contributed by atoms with E-state index in [1.165, 1.54) is 12.7 Å². The van der Waals surface area contributed by atoms with Gasteiger partial charge in [-0.15, -0.1) is 0 Å². The van der Waals surface area contributed by atoms with Crippen molar-refractivity contribution in [1.82, 2.24) is 5.32 Å². The molecular weight excluding hydrogens is 78.1 g/mol. The number of hydrogen-bond acceptors (Lipinski definition) is 3. The van der Waals surface area contributed by atoms with Gasteiger partial charge < -0.3 is 5.32 Å². The molecule has 3 nitrogen and oxygen atoms in total. The van der Waals surface area contributed by atoms with E-state index in [-0.39, 0.29) is 0 Å². The second kappa shape index (κ2) is 1.55. The predicted octanol–water partition coefficient (Wildman–Crippen LogP) is -0.358. The average Bonchev–Trinajstić information content (AvgIpc) is 1.72. The Morgan fingerprint density at radius 2 is 2.67 bits per heavy atom. The molecule has 0 aliphatic carbocycles. The van der Waals surface area contributed by atoms with E-state index in [9.17, 15) is 0 Å². The lowest BCUT2D eigenvalue weighted by molar-refractivity contribution is 1.08. The summed E-state index contributed by atoms with van der Waals surface area (Å²) in [5, 5.41) is 2.55. The van der Waals surface area contributed by atoms with E-state index in [2.05, 4.69) is 22.0 Å². The number of nitrogens with zero attached hydrogens (tertiary/aromatic N) is 2. The van der Waals surface area contributed by atoms with Crippen LogP contribution in [0, 0.1) is 6.67 Å². The molecular formula is C3H3N3. The van der Waals surface area contributed by atoms with E-state index in [4.69, 9.17) is 0 Å². The lowest BCUT2D eigenvalue weighted by Crippen LogP contribution is -2.07. The Kier molecular flexibility index (Phi) is 0.859. The van der Waals surface area contributed by atoms with Gasteiger partial charge in [0.15, 0.2) is 0 Å². The molecule has 0 amide bonds. The minimum atomic E-state index is 1.41. The number of rotatable bonds is 0. The minimum Gasteiger partial charge on any atom is -0.345 e. The van der Waals surface area contributed by atoms with Crippen LogP contribution in [0.4, 0.5) is 0 Å². The molecule has 1 rings (SSSR count). The highest BCUT2D eigenvalue weighted by atomic mass is 15.1. The number of nitrogens with one attached hydrogen (secondary N) is 1. The van der Waals surface area contributed by atoms with Gasteiger partial charge in [0.1, 0.15) is 6.34 Å². The largest absolute Gasteiger partial charge is 0.345 e. The highest BCUT2D eigenvalue weighted by Gasteiger charge is 1.78. The van der Waals surface area contributed by atoms with Crippen molar-refractivity contribution in [3.05, 3.63) is 6.67 Å². The second-order valence-electron chi connectivity index (χ2n) is 0.779. The summed E-state index contributed by atoms with van der Waals surface area (Å²) >= 11 is 0. The first-order valence-electron chi connectivity index (χ1n) is 1.54. The lowest BCUT2D eigenvalue weighted by Gasteiger charge is -1.90. The topological polar surface area (TPSA) is 36.8 Å². The van der Waals surface area contributed by atoms with Gasteiger partial charge in [-0.3, -0.25) is 0 Å². The molecule has 0 fully saturated rings. The summed E-state index contributed by atoms with van der Waals surface area (Å²) in [6.07, 6.45) is 2.92. The monoisotopic (exact) mass is 81.0 g/mol. The zero-order valence-electron chi connectivity index (χ0n) is 3.05. The van der Waals surface area contributed by atoms with E-state index >= 15 is 0 Å². The molecule has 1 aliphatic rings. The molecule has 1 heterocycles. The lowest BCUT2D eigenvalue weighted by atomic mass is 10.9. The summed E-state index contributed by atoms with van der Waals surface area (Å²) < 4.78 is 0. The van der Waals surface area contributed by atoms with Gasteiger partial charge in [-0.25, -0.2) is 9.98 Å². The molecule has 3 heteroatoms. The Balaban J connectivity index is 2.46. The summed E-state index contributed by atoms with van der Waals surface area (Å²) in [5.74, 6) is 0. The van der Waals surface area contributed by atoms with Crippen LogP contribution in [0.3, 0.4) is 0 Å². The van der Waals surface area contributed by atoms with E-state index in [0.717, 1.165) is 0 Å². The Hall–Kier alpha value is -0.860. The summed E-state index contributed by atoms with van der Waals surface area (Å²) in [4.78, 5) is 7.08. The van der Waals surface area contributed by atoms with E-state index in [1.807, 2.05) is 0 Å². The molecule has 0 aromatic heterocycles. The smallest absolute Gasteiger partial charge is 0.228 e. The van der Waals surface area contributed by atoms with E-state index in [1.54, 1.807) is 0 Å². The molecule has 1 aliphatic heterocycles. The van der Waals surface area contributed by atoms with Crippen molar-refractivity contribution in [3.8, 4) is 0 Å². The first kappa shape index (κ1) is 3.33. The van der Waals surface area contributed by atoms with Crippen molar-refractivity contribution in [3.63, 3.8) is 0 Å². The van der Waals surface area contributed by atoms with Gasteiger partial charge in [0.25, 0.3) is 0 Å². The first-order chi connectivity index (χ1) is 3.00. The zero-order chi connectivity index (χ0) is 4.24. The molecule has 1 N–H and O–H groups in total. The maximum Gasteiger partial charge on any atom is 0.228 e. The van der Waals surface area contributed by atoms with Crippen LogP contribution < -0.4 is 5.32 Å². The van der Waals surface area contributed by atoms with Crippen molar-refractivity contribution < 1.29 is 0 Å². The van der Waals surface area contributed by atoms with Crippen LogP contribution in [0.5, 0.6) is 0 Å². The van der Waals surface area contributed by atoms with Gasteiger partial charge >= 0.3 is 0 Å². The van der Waals surface area contributed by atoms with Crippen molar-refractivity contribution in [2.75, 3.05) is 0 Å². The van der Waals surface area contributed by atoms with Gasteiger partial charge in [0.2, 0.25) is 6.67 Å². The third kappa shape index (κ3) is 0.544. The van der Waals surface area contributed by atoms with Gasteiger partial charge in [-0.2, -0.15) is 0 Å². The predicted molar refractivity (Wildman–Crippen MR) is 23.4 cm³/mol. The zero-order valence-corrected chi connectivity index (χ0v) is 3.05. The molecule has 2 radical (unpaired) electrons. The van der Waals surface area contributed by atoms with E-state index < -0.39 is 0 Å². The average molecular weight is 81.1 g/mol. The summed E-state index contributed by atoms with van der Waals surface area (Å²) in [6, 6.07) is 0. The quantitative estimate of drug-likeness (QED) is 0.425. The van der Waals surface area contributed by atoms with Crippen molar-refractivity contribution in [2.45, 2.75) is 0 Å². The second-order valence-corrected chi connectivity index (χ2v) is 0.779. The molecule has 0 saturated heterocycles. The fourth-order valence-corrected chi connectivity index (χ4v) is 0.199. The standard InChI is InChI=1S/C3H3N3/c1-4-2-6-3-5-1/h1-2H,(H,4,5,6). The summed E-state index contributed by atoms with van der Waals surface area (Å²) in [6.45, 7) is 2.45. The van der Waals surface area contributed by atoms with Crippen LogP contribution in [0.2, 0.25) is 0 Å². The third-order valence-corrected chi connectivity index (χ3v) is 0.393. The van der Waals surface area contributed by atoms with Gasteiger partial charge in [-0.05, 0) is 0 Å². The minimum absolute atomic E-state index is 1.41. The molecule has 0 spiro atoms. The van der Waals surface area contributed by atoms with Gasteiger partial charge in [0.05, 0.1) is 6.34 Å². The van der Waals surface area contributed by atoms with Crippen molar-refractivity contribution >= 4 is 12.7 Å². The molecule has 0 bridgehead atoms. The van der Waals surface area contributed by atoms with Crippen molar-refractivity contribution in [2.24, 2.45) is 9.98 Å². The van der Waals surface area contributed by atoms with Gasteiger partial charge in [-0.1, -0.05) is 0 Å². The van der Waals surface area contributed by atoms with Crippen LogP contribution in [0.25, 0.3) is 0 Å². The normalized spacial score (nSPS) is 17.3. The molecule has 30 valence electrons. The van der Waals surface area contributed by atoms with Crippen LogP contribution in [-0.2, 0) is 0 Å². The van der Waals surface area contributed by atoms with Crippen LogP contribution >= 0.6 is 0 Å². The molecule has 0 aromatic rings. The fourth-order valence-electron chi connectivity index (χ4n) is 0.199. The first-order valence-corrected chi connectivity index (χ1v) is 1.54.